The number of nitrogens with zero attached hydrogens (tertiary/aromatic N) is 1. The average Bonchev–Trinajstić information content (AvgIpc) is 2.36. The zero-order chi connectivity index (χ0) is 13.6. The van der Waals surface area contributed by atoms with E-state index in [2.05, 4.69) is 10.3 Å². The topological polar surface area (TPSA) is 84.6 Å². The molecule has 0 aromatic carbocycles. The molecule has 5 nitrogen and oxygen atoms in total. The van der Waals surface area contributed by atoms with Crippen LogP contribution in [0.5, 0.6) is 0 Å². The Morgan fingerprint density at radius 3 is 2.72 bits per heavy atom. The van der Waals surface area contributed by atoms with Crippen molar-refractivity contribution in [3.63, 3.8) is 0 Å². The van der Waals surface area contributed by atoms with Crippen LogP contribution in [0.1, 0.15) is 39.5 Å². The SMILES string of the molecule is CCCNC(=O)C1=CN=CC(CCC)(C(N)=O)C1. The molecule has 3 N–H and O–H groups in total. The van der Waals surface area contributed by atoms with Gasteiger partial charge in [-0.3, -0.25) is 14.6 Å². The van der Waals surface area contributed by atoms with Gasteiger partial charge in [-0.1, -0.05) is 20.3 Å². The summed E-state index contributed by atoms with van der Waals surface area (Å²) < 4.78 is 0. The van der Waals surface area contributed by atoms with Gasteiger partial charge in [-0.2, -0.15) is 0 Å². The van der Waals surface area contributed by atoms with Crippen molar-refractivity contribution in [3.05, 3.63) is 11.8 Å². The van der Waals surface area contributed by atoms with Gasteiger partial charge in [0.25, 0.3) is 0 Å². The Bertz CT molecular complexity index is 388. The third-order valence-electron chi connectivity index (χ3n) is 3.07. The van der Waals surface area contributed by atoms with Gasteiger partial charge < -0.3 is 11.1 Å². The van der Waals surface area contributed by atoms with Gasteiger partial charge in [0.05, 0.1) is 5.41 Å². The van der Waals surface area contributed by atoms with Gasteiger partial charge >= 0.3 is 0 Å². The van der Waals surface area contributed by atoms with E-state index in [-0.39, 0.29) is 5.91 Å². The van der Waals surface area contributed by atoms with Gasteiger partial charge in [0.1, 0.15) is 0 Å². The summed E-state index contributed by atoms with van der Waals surface area (Å²) >= 11 is 0. The molecular weight excluding hydrogens is 230 g/mol. The standard InChI is InChI=1S/C13H21N3O2/c1-3-5-13(12(14)18)7-10(8-15-9-13)11(17)16-6-4-2/h8-9H,3-7H2,1-2H3,(H2,14,18)(H,16,17). The molecule has 1 rings (SSSR count). The average molecular weight is 251 g/mol. The van der Waals surface area contributed by atoms with Crippen molar-refractivity contribution in [1.29, 1.82) is 0 Å². The summed E-state index contributed by atoms with van der Waals surface area (Å²) in [6.07, 6.45) is 5.74. The highest BCUT2D eigenvalue weighted by Gasteiger charge is 2.37. The molecule has 0 fully saturated rings. The first kappa shape index (κ1) is 14.4. The largest absolute Gasteiger partial charge is 0.369 e. The normalized spacial score (nSPS) is 22.4. The van der Waals surface area contributed by atoms with Crippen LogP contribution in [0.3, 0.4) is 0 Å². The Morgan fingerprint density at radius 1 is 1.44 bits per heavy atom. The molecule has 0 aliphatic carbocycles. The summed E-state index contributed by atoms with van der Waals surface area (Å²) in [5.74, 6) is -0.572. The molecule has 1 heterocycles. The molecule has 1 atom stereocenters. The minimum atomic E-state index is -0.803. The smallest absolute Gasteiger partial charge is 0.248 e. The third kappa shape index (κ3) is 3.18. The van der Waals surface area contributed by atoms with Crippen LogP contribution in [0.25, 0.3) is 0 Å². The third-order valence-corrected chi connectivity index (χ3v) is 3.07. The summed E-state index contributed by atoms with van der Waals surface area (Å²) in [5, 5.41) is 2.79. The maximum Gasteiger partial charge on any atom is 0.248 e. The zero-order valence-electron chi connectivity index (χ0n) is 11.0. The number of aliphatic imine (C=N–C) groups is 1. The number of nitrogens with one attached hydrogen (secondary N) is 1. The van der Waals surface area contributed by atoms with Crippen molar-refractivity contribution in [2.45, 2.75) is 39.5 Å². The maximum absolute atomic E-state index is 11.9. The Kier molecular flexibility index (Phi) is 5.07. The summed E-state index contributed by atoms with van der Waals surface area (Å²) in [6, 6.07) is 0. The van der Waals surface area contributed by atoms with Crippen molar-refractivity contribution in [1.82, 2.24) is 5.32 Å². The molecule has 5 heteroatoms. The molecule has 2 amide bonds. The number of carbonyl (C=O) groups is 2. The number of primary amides is 1. The fourth-order valence-corrected chi connectivity index (χ4v) is 2.07. The van der Waals surface area contributed by atoms with Crippen LogP contribution >= 0.6 is 0 Å². The van der Waals surface area contributed by atoms with Gasteiger partial charge in [-0.05, 0) is 19.3 Å². The van der Waals surface area contributed by atoms with Gasteiger partial charge in [-0.25, -0.2) is 0 Å². The molecule has 1 aliphatic rings. The van der Waals surface area contributed by atoms with Gasteiger partial charge in [0.2, 0.25) is 11.8 Å². The molecule has 18 heavy (non-hydrogen) atoms. The minimum Gasteiger partial charge on any atom is -0.369 e. The van der Waals surface area contributed by atoms with Crippen molar-refractivity contribution < 1.29 is 9.59 Å². The van der Waals surface area contributed by atoms with Crippen LogP contribution in [0, 0.1) is 5.41 Å². The summed E-state index contributed by atoms with van der Waals surface area (Å²) in [5.41, 5.74) is 5.18. The van der Waals surface area contributed by atoms with E-state index in [4.69, 9.17) is 5.73 Å². The van der Waals surface area contributed by atoms with E-state index in [1.165, 1.54) is 6.20 Å². The Hall–Kier alpha value is -1.65. The highest BCUT2D eigenvalue weighted by atomic mass is 16.2. The number of amides is 2. The van der Waals surface area contributed by atoms with Gasteiger partial charge in [0, 0.05) is 24.5 Å². The fourth-order valence-electron chi connectivity index (χ4n) is 2.07. The molecule has 100 valence electrons. The van der Waals surface area contributed by atoms with Crippen LogP contribution in [-0.4, -0.2) is 24.6 Å². The van der Waals surface area contributed by atoms with E-state index in [1.54, 1.807) is 6.21 Å². The summed E-state index contributed by atoms with van der Waals surface area (Å²) in [4.78, 5) is 27.5. The summed E-state index contributed by atoms with van der Waals surface area (Å²) in [7, 11) is 0. The molecule has 0 aromatic rings. The number of rotatable bonds is 6. The number of carbonyl (C=O) groups excluding carboxylic acids is 2. The Morgan fingerprint density at radius 2 is 2.17 bits per heavy atom. The van der Waals surface area contributed by atoms with E-state index in [9.17, 15) is 9.59 Å². The quantitative estimate of drug-likeness (QED) is 0.742. The molecule has 0 spiro atoms. The fraction of sp³-hybridized carbons (Fsp3) is 0.615. The first-order chi connectivity index (χ1) is 8.55. The lowest BCUT2D eigenvalue weighted by atomic mass is 9.77. The molecule has 0 saturated heterocycles. The molecule has 0 aromatic heterocycles. The van der Waals surface area contributed by atoms with Crippen LogP contribution < -0.4 is 11.1 Å². The molecule has 0 radical (unpaired) electrons. The lowest BCUT2D eigenvalue weighted by Gasteiger charge is -2.28. The second-order valence-corrected chi connectivity index (χ2v) is 4.64. The predicted octanol–water partition coefficient (Wildman–Crippen LogP) is 1.14. The zero-order valence-corrected chi connectivity index (χ0v) is 11.0. The van der Waals surface area contributed by atoms with E-state index in [0.29, 0.717) is 25.0 Å². The van der Waals surface area contributed by atoms with Crippen LogP contribution in [-0.2, 0) is 9.59 Å². The molecule has 1 unspecified atom stereocenters. The van der Waals surface area contributed by atoms with Gasteiger partial charge in [0.15, 0.2) is 0 Å². The second kappa shape index (κ2) is 6.33. The van der Waals surface area contributed by atoms with Crippen molar-refractivity contribution in [3.8, 4) is 0 Å². The molecule has 1 aliphatic heterocycles. The van der Waals surface area contributed by atoms with Crippen molar-refractivity contribution >= 4 is 18.0 Å². The van der Waals surface area contributed by atoms with Crippen LogP contribution in [0.15, 0.2) is 16.8 Å². The lowest BCUT2D eigenvalue weighted by molar-refractivity contribution is -0.124. The molecule has 0 bridgehead atoms. The first-order valence-electron chi connectivity index (χ1n) is 6.37. The predicted molar refractivity (Wildman–Crippen MR) is 71.0 cm³/mol. The second-order valence-electron chi connectivity index (χ2n) is 4.64. The van der Waals surface area contributed by atoms with E-state index in [0.717, 1.165) is 12.8 Å². The van der Waals surface area contributed by atoms with E-state index in [1.807, 2.05) is 13.8 Å². The molecule has 0 saturated carbocycles. The lowest BCUT2D eigenvalue weighted by Crippen LogP contribution is -2.41. The highest BCUT2D eigenvalue weighted by molar-refractivity contribution is 6.02. The van der Waals surface area contributed by atoms with E-state index < -0.39 is 11.3 Å². The first-order valence-corrected chi connectivity index (χ1v) is 6.37. The van der Waals surface area contributed by atoms with Crippen LogP contribution in [0.4, 0.5) is 0 Å². The monoisotopic (exact) mass is 251 g/mol. The Labute approximate surface area is 108 Å². The van der Waals surface area contributed by atoms with Crippen LogP contribution in [0.2, 0.25) is 0 Å². The van der Waals surface area contributed by atoms with Crippen molar-refractivity contribution in [2.24, 2.45) is 16.1 Å². The molecular formula is C13H21N3O2. The maximum atomic E-state index is 11.9. The Balaban J connectivity index is 2.81. The summed E-state index contributed by atoms with van der Waals surface area (Å²) in [6.45, 7) is 4.59. The minimum absolute atomic E-state index is 0.157. The van der Waals surface area contributed by atoms with Crippen molar-refractivity contribution in [2.75, 3.05) is 6.54 Å². The van der Waals surface area contributed by atoms with E-state index >= 15 is 0 Å². The number of nitrogens with two attached hydrogens (primary N) is 1. The number of hydrogen-bond donors (Lipinski definition) is 2. The number of hydrogen-bond acceptors (Lipinski definition) is 3. The van der Waals surface area contributed by atoms with Gasteiger partial charge in [-0.15, -0.1) is 0 Å². The highest BCUT2D eigenvalue weighted by Crippen LogP contribution is 2.32.